The number of nitrogens with zero attached hydrogens (tertiary/aromatic N) is 1. The highest BCUT2D eigenvalue weighted by Gasteiger charge is 2.40. The number of carbonyl (C=O) groups excluding carboxylic acids is 1. The Labute approximate surface area is 124 Å². The summed E-state index contributed by atoms with van der Waals surface area (Å²) in [6.07, 6.45) is 4.13. The SMILES string of the molecule is COC(=O)c1cc(S(=O)(=O)NC2(CCO)CCC2)cn1C. The van der Waals surface area contributed by atoms with Crippen molar-refractivity contribution in [2.45, 2.75) is 36.1 Å². The third kappa shape index (κ3) is 3.12. The molecule has 2 N–H and O–H groups in total. The monoisotopic (exact) mass is 316 g/mol. The smallest absolute Gasteiger partial charge is 0.354 e. The number of aryl methyl sites for hydroxylation is 1. The van der Waals surface area contributed by atoms with Crippen molar-refractivity contribution < 1.29 is 23.1 Å². The predicted molar refractivity (Wildman–Crippen MR) is 75.4 cm³/mol. The summed E-state index contributed by atoms with van der Waals surface area (Å²) < 4.78 is 33.6. The fourth-order valence-corrected chi connectivity index (χ4v) is 4.11. The molecule has 7 nitrogen and oxygen atoms in total. The maximum absolute atomic E-state index is 12.4. The minimum atomic E-state index is -3.73. The summed E-state index contributed by atoms with van der Waals surface area (Å²) in [5.41, 5.74) is -0.392. The normalized spacial score (nSPS) is 17.3. The van der Waals surface area contributed by atoms with E-state index in [0.717, 1.165) is 6.42 Å². The molecule has 0 amide bonds. The molecule has 1 aliphatic rings. The summed E-state index contributed by atoms with van der Waals surface area (Å²) in [7, 11) is -0.910. The molecule has 0 aliphatic heterocycles. The number of nitrogens with one attached hydrogen (secondary N) is 1. The van der Waals surface area contributed by atoms with Crippen LogP contribution in [-0.4, -0.2) is 43.3 Å². The summed E-state index contributed by atoms with van der Waals surface area (Å²) in [5.74, 6) is -0.590. The highest BCUT2D eigenvalue weighted by Crippen LogP contribution is 2.36. The molecule has 0 bridgehead atoms. The molecule has 1 fully saturated rings. The summed E-state index contributed by atoms with van der Waals surface area (Å²) in [6.45, 7) is -0.0648. The lowest BCUT2D eigenvalue weighted by Gasteiger charge is -2.41. The standard InChI is InChI=1S/C13H20N2O5S/c1-15-9-10(8-11(15)12(17)20-2)21(18,19)14-13(6-7-16)4-3-5-13/h8-9,14,16H,3-7H2,1-2H3. The van der Waals surface area contributed by atoms with E-state index in [9.17, 15) is 13.2 Å². The van der Waals surface area contributed by atoms with E-state index in [1.165, 1.54) is 23.9 Å². The van der Waals surface area contributed by atoms with Crippen LogP contribution >= 0.6 is 0 Å². The zero-order valence-corrected chi connectivity index (χ0v) is 12.9. The first-order valence-electron chi connectivity index (χ1n) is 6.73. The minimum Gasteiger partial charge on any atom is -0.464 e. The number of carbonyl (C=O) groups is 1. The number of sulfonamides is 1. The molecule has 1 aromatic rings. The van der Waals surface area contributed by atoms with Gasteiger partial charge in [-0.05, 0) is 31.7 Å². The zero-order valence-electron chi connectivity index (χ0n) is 12.1. The topological polar surface area (TPSA) is 97.6 Å². The Hall–Kier alpha value is -1.38. The average molecular weight is 316 g/mol. The molecule has 0 saturated heterocycles. The second kappa shape index (κ2) is 5.78. The fraction of sp³-hybridized carbons (Fsp3) is 0.615. The van der Waals surface area contributed by atoms with Crippen LogP contribution in [0.5, 0.6) is 0 Å². The first-order valence-corrected chi connectivity index (χ1v) is 8.21. The van der Waals surface area contributed by atoms with Gasteiger partial charge in [-0.2, -0.15) is 0 Å². The van der Waals surface area contributed by atoms with Crippen molar-refractivity contribution in [1.82, 2.24) is 9.29 Å². The molecular weight excluding hydrogens is 296 g/mol. The van der Waals surface area contributed by atoms with Gasteiger partial charge >= 0.3 is 5.97 Å². The Morgan fingerprint density at radius 1 is 1.52 bits per heavy atom. The van der Waals surface area contributed by atoms with Crippen LogP contribution in [0.15, 0.2) is 17.2 Å². The number of aliphatic hydroxyl groups is 1. The van der Waals surface area contributed by atoms with E-state index in [1.807, 2.05) is 0 Å². The summed E-state index contributed by atoms with van der Waals surface area (Å²) in [5, 5.41) is 9.09. The van der Waals surface area contributed by atoms with Gasteiger partial charge in [0.2, 0.25) is 10.0 Å². The minimum absolute atomic E-state index is 0.0228. The molecule has 118 valence electrons. The largest absolute Gasteiger partial charge is 0.464 e. The average Bonchev–Trinajstić information content (AvgIpc) is 2.78. The van der Waals surface area contributed by atoms with Crippen LogP contribution in [0.25, 0.3) is 0 Å². The van der Waals surface area contributed by atoms with E-state index in [4.69, 9.17) is 5.11 Å². The Morgan fingerprint density at radius 3 is 2.67 bits per heavy atom. The lowest BCUT2D eigenvalue weighted by molar-refractivity contribution is 0.0590. The number of esters is 1. The molecule has 2 rings (SSSR count). The van der Waals surface area contributed by atoms with Gasteiger partial charge in [-0.25, -0.2) is 17.9 Å². The van der Waals surface area contributed by atoms with Gasteiger partial charge in [0.25, 0.3) is 0 Å². The van der Waals surface area contributed by atoms with Gasteiger partial charge in [-0.1, -0.05) is 0 Å². The van der Waals surface area contributed by atoms with Gasteiger partial charge in [0.05, 0.1) is 7.11 Å². The number of rotatable bonds is 6. The van der Waals surface area contributed by atoms with E-state index in [-0.39, 0.29) is 17.2 Å². The van der Waals surface area contributed by atoms with Gasteiger partial charge in [-0.15, -0.1) is 0 Å². The number of hydrogen-bond donors (Lipinski definition) is 2. The van der Waals surface area contributed by atoms with Crippen LogP contribution in [0.2, 0.25) is 0 Å². The molecule has 0 atom stereocenters. The Bertz CT molecular complexity index is 631. The van der Waals surface area contributed by atoms with Crippen LogP contribution in [0, 0.1) is 0 Å². The second-order valence-electron chi connectivity index (χ2n) is 5.38. The summed E-state index contributed by atoms with van der Waals surface area (Å²) in [6, 6.07) is 1.29. The van der Waals surface area contributed by atoms with Crippen LogP contribution in [-0.2, 0) is 21.8 Å². The molecule has 1 heterocycles. The molecule has 1 saturated carbocycles. The Balaban J connectivity index is 2.26. The number of aliphatic hydroxyl groups excluding tert-OH is 1. The molecule has 0 radical (unpaired) electrons. The third-order valence-electron chi connectivity index (χ3n) is 3.94. The van der Waals surface area contributed by atoms with Crippen LogP contribution < -0.4 is 4.72 Å². The molecule has 0 aromatic carbocycles. The molecule has 21 heavy (non-hydrogen) atoms. The second-order valence-corrected chi connectivity index (χ2v) is 7.06. The van der Waals surface area contributed by atoms with Crippen molar-refractivity contribution in [2.75, 3.05) is 13.7 Å². The van der Waals surface area contributed by atoms with Crippen LogP contribution in [0.4, 0.5) is 0 Å². The highest BCUT2D eigenvalue weighted by molar-refractivity contribution is 7.89. The van der Waals surface area contributed by atoms with Gasteiger partial charge in [0, 0.05) is 25.4 Å². The van der Waals surface area contributed by atoms with Crippen molar-refractivity contribution in [2.24, 2.45) is 7.05 Å². The Kier molecular flexibility index (Phi) is 4.40. The molecular formula is C13H20N2O5S. The van der Waals surface area contributed by atoms with E-state index in [0.29, 0.717) is 19.3 Å². The van der Waals surface area contributed by atoms with Crippen molar-refractivity contribution in [3.05, 3.63) is 18.0 Å². The predicted octanol–water partition coefficient (Wildman–Crippen LogP) is 0.395. The van der Waals surface area contributed by atoms with E-state index in [1.54, 1.807) is 7.05 Å². The summed E-state index contributed by atoms with van der Waals surface area (Å²) >= 11 is 0. The van der Waals surface area contributed by atoms with Gasteiger partial charge < -0.3 is 14.4 Å². The van der Waals surface area contributed by atoms with Crippen molar-refractivity contribution in [3.8, 4) is 0 Å². The van der Waals surface area contributed by atoms with Gasteiger partial charge in [0.1, 0.15) is 10.6 Å². The van der Waals surface area contributed by atoms with Crippen LogP contribution in [0.1, 0.15) is 36.2 Å². The quantitative estimate of drug-likeness (QED) is 0.740. The number of ether oxygens (including phenoxy) is 1. The first-order chi connectivity index (χ1) is 9.83. The molecule has 8 heteroatoms. The Morgan fingerprint density at radius 2 is 2.19 bits per heavy atom. The molecule has 1 aromatic heterocycles. The maximum atomic E-state index is 12.4. The molecule has 0 spiro atoms. The summed E-state index contributed by atoms with van der Waals surface area (Å²) in [4.78, 5) is 11.6. The van der Waals surface area contributed by atoms with Gasteiger partial charge in [-0.3, -0.25) is 0 Å². The number of aromatic nitrogens is 1. The van der Waals surface area contributed by atoms with Gasteiger partial charge in [0.15, 0.2) is 0 Å². The van der Waals surface area contributed by atoms with E-state index < -0.39 is 21.5 Å². The highest BCUT2D eigenvalue weighted by atomic mass is 32.2. The number of hydrogen-bond acceptors (Lipinski definition) is 5. The fourth-order valence-electron chi connectivity index (χ4n) is 2.55. The van der Waals surface area contributed by atoms with Crippen molar-refractivity contribution >= 4 is 16.0 Å². The third-order valence-corrected chi connectivity index (χ3v) is 5.48. The first kappa shape index (κ1) is 16.0. The lowest BCUT2D eigenvalue weighted by Crippen LogP contribution is -2.53. The molecule has 1 aliphatic carbocycles. The number of methoxy groups -OCH3 is 1. The van der Waals surface area contributed by atoms with Crippen molar-refractivity contribution in [3.63, 3.8) is 0 Å². The van der Waals surface area contributed by atoms with E-state index >= 15 is 0 Å². The van der Waals surface area contributed by atoms with Crippen molar-refractivity contribution in [1.29, 1.82) is 0 Å². The maximum Gasteiger partial charge on any atom is 0.354 e. The molecule has 0 unspecified atom stereocenters. The van der Waals surface area contributed by atoms with Crippen LogP contribution in [0.3, 0.4) is 0 Å². The zero-order chi connectivity index (χ0) is 15.7. The van der Waals surface area contributed by atoms with E-state index in [2.05, 4.69) is 9.46 Å². The lowest BCUT2D eigenvalue weighted by atomic mass is 9.75.